The Labute approximate surface area is 108 Å². The summed E-state index contributed by atoms with van der Waals surface area (Å²) < 4.78 is 26.3. The van der Waals surface area contributed by atoms with Gasteiger partial charge in [-0.25, -0.2) is 8.42 Å². The van der Waals surface area contributed by atoms with Crippen LogP contribution >= 0.6 is 0 Å². The van der Waals surface area contributed by atoms with Gasteiger partial charge in [-0.1, -0.05) is 6.92 Å². The Kier molecular flexibility index (Phi) is 4.06. The fraction of sp³-hybridized carbons (Fsp3) is 0.636. The van der Waals surface area contributed by atoms with Gasteiger partial charge < -0.3 is 15.6 Å². The zero-order valence-corrected chi connectivity index (χ0v) is 11.4. The van der Waals surface area contributed by atoms with E-state index in [9.17, 15) is 8.42 Å². The maximum Gasteiger partial charge on any atom is 0.244 e. The molecule has 0 aromatic carbocycles. The molecule has 1 fully saturated rings. The first-order valence-corrected chi connectivity index (χ1v) is 7.61. The van der Waals surface area contributed by atoms with Crippen molar-refractivity contribution in [3.8, 4) is 0 Å². The first-order chi connectivity index (χ1) is 8.57. The molecule has 18 heavy (non-hydrogen) atoms. The van der Waals surface area contributed by atoms with Gasteiger partial charge in [-0.3, -0.25) is 0 Å². The van der Waals surface area contributed by atoms with Crippen molar-refractivity contribution in [2.24, 2.45) is 5.73 Å². The van der Waals surface area contributed by atoms with E-state index < -0.39 is 10.0 Å². The number of nitrogens with one attached hydrogen (secondary N) is 1. The number of rotatable bonds is 4. The quantitative estimate of drug-likeness (QED) is 0.795. The van der Waals surface area contributed by atoms with E-state index in [0.717, 1.165) is 25.3 Å². The number of hydrogen-bond donors (Lipinski definition) is 2. The molecule has 1 saturated heterocycles. The normalized spacial score (nSPS) is 19.2. The van der Waals surface area contributed by atoms with Gasteiger partial charge in [-0.05, 0) is 12.6 Å². The zero-order chi connectivity index (χ0) is 13.2. The molecule has 1 aliphatic heterocycles. The maximum absolute atomic E-state index is 12.4. The molecule has 0 radical (unpaired) electrons. The minimum absolute atomic E-state index is 0.313. The fourth-order valence-corrected chi connectivity index (χ4v) is 3.56. The van der Waals surface area contributed by atoms with Gasteiger partial charge in [0.2, 0.25) is 10.0 Å². The molecule has 102 valence electrons. The lowest BCUT2D eigenvalue weighted by molar-refractivity contribution is 0.196. The SMILES string of the molecule is CCN1CCN(S(=O)(=O)c2c[nH]c(CN)c2)CC1. The molecule has 1 aliphatic rings. The summed E-state index contributed by atoms with van der Waals surface area (Å²) >= 11 is 0. The van der Waals surface area contributed by atoms with Crippen LogP contribution in [-0.4, -0.2) is 55.3 Å². The Bertz CT molecular complexity index is 489. The lowest BCUT2D eigenvalue weighted by Crippen LogP contribution is -2.48. The highest BCUT2D eigenvalue weighted by atomic mass is 32.2. The third-order valence-corrected chi connectivity index (χ3v) is 5.23. The molecular weight excluding hydrogens is 252 g/mol. The van der Waals surface area contributed by atoms with Gasteiger partial charge in [0.15, 0.2) is 0 Å². The number of aromatic amines is 1. The van der Waals surface area contributed by atoms with E-state index in [1.165, 1.54) is 6.20 Å². The first-order valence-electron chi connectivity index (χ1n) is 6.17. The number of H-pyrrole nitrogens is 1. The van der Waals surface area contributed by atoms with Crippen molar-refractivity contribution in [3.05, 3.63) is 18.0 Å². The Hall–Kier alpha value is -0.890. The van der Waals surface area contributed by atoms with Gasteiger partial charge in [0.05, 0.1) is 4.90 Å². The van der Waals surface area contributed by atoms with Crippen LogP contribution in [0.5, 0.6) is 0 Å². The van der Waals surface area contributed by atoms with Crippen LogP contribution in [0.1, 0.15) is 12.6 Å². The number of nitrogens with zero attached hydrogens (tertiary/aromatic N) is 2. The molecule has 1 aromatic heterocycles. The molecule has 0 atom stereocenters. The third kappa shape index (κ3) is 2.59. The number of likely N-dealkylation sites (N-methyl/N-ethyl adjacent to an activating group) is 1. The van der Waals surface area contributed by atoms with Crippen molar-refractivity contribution < 1.29 is 8.42 Å². The van der Waals surface area contributed by atoms with E-state index in [0.29, 0.717) is 24.5 Å². The van der Waals surface area contributed by atoms with Crippen molar-refractivity contribution in [3.63, 3.8) is 0 Å². The second-order valence-electron chi connectivity index (χ2n) is 4.40. The van der Waals surface area contributed by atoms with E-state index in [-0.39, 0.29) is 0 Å². The molecule has 0 saturated carbocycles. The van der Waals surface area contributed by atoms with Crippen LogP contribution in [-0.2, 0) is 16.6 Å². The zero-order valence-electron chi connectivity index (χ0n) is 10.6. The molecular formula is C11H20N4O2S. The molecule has 0 bridgehead atoms. The number of sulfonamides is 1. The molecule has 0 spiro atoms. The topological polar surface area (TPSA) is 82.4 Å². The predicted molar refractivity (Wildman–Crippen MR) is 69.6 cm³/mol. The molecule has 0 aliphatic carbocycles. The second kappa shape index (κ2) is 5.40. The average molecular weight is 272 g/mol. The van der Waals surface area contributed by atoms with E-state index in [1.54, 1.807) is 10.4 Å². The lowest BCUT2D eigenvalue weighted by Gasteiger charge is -2.32. The molecule has 7 heteroatoms. The lowest BCUT2D eigenvalue weighted by atomic mass is 10.4. The molecule has 6 nitrogen and oxygen atoms in total. The Morgan fingerprint density at radius 2 is 2.00 bits per heavy atom. The van der Waals surface area contributed by atoms with Crippen LogP contribution in [0.15, 0.2) is 17.2 Å². The Morgan fingerprint density at radius 1 is 1.33 bits per heavy atom. The van der Waals surface area contributed by atoms with Crippen molar-refractivity contribution in [2.75, 3.05) is 32.7 Å². The largest absolute Gasteiger partial charge is 0.363 e. The smallest absolute Gasteiger partial charge is 0.244 e. The summed E-state index contributed by atoms with van der Waals surface area (Å²) in [6.45, 7) is 6.07. The third-order valence-electron chi connectivity index (χ3n) is 3.35. The number of nitrogens with two attached hydrogens (primary N) is 1. The van der Waals surface area contributed by atoms with Crippen LogP contribution in [0.3, 0.4) is 0 Å². The van der Waals surface area contributed by atoms with E-state index >= 15 is 0 Å². The summed E-state index contributed by atoms with van der Waals surface area (Å²) in [5.41, 5.74) is 6.21. The fourth-order valence-electron chi connectivity index (χ4n) is 2.12. The summed E-state index contributed by atoms with van der Waals surface area (Å²) in [6, 6.07) is 1.61. The van der Waals surface area contributed by atoms with Crippen molar-refractivity contribution in [1.82, 2.24) is 14.2 Å². The molecule has 2 heterocycles. The Balaban J connectivity index is 2.12. The standard InChI is InChI=1S/C11H20N4O2S/c1-2-14-3-5-15(6-4-14)18(16,17)11-7-10(8-12)13-9-11/h7,9,13H,2-6,8,12H2,1H3. The Morgan fingerprint density at radius 3 is 2.50 bits per heavy atom. The van der Waals surface area contributed by atoms with Gasteiger partial charge in [-0.2, -0.15) is 4.31 Å². The summed E-state index contributed by atoms with van der Waals surface area (Å²) in [5, 5.41) is 0. The van der Waals surface area contributed by atoms with Gasteiger partial charge >= 0.3 is 0 Å². The minimum atomic E-state index is -3.36. The predicted octanol–water partition coefficient (Wildman–Crippen LogP) is -0.200. The summed E-state index contributed by atoms with van der Waals surface area (Å²) in [6.07, 6.45) is 1.52. The number of piperazine rings is 1. The average Bonchev–Trinajstić information content (AvgIpc) is 2.88. The van der Waals surface area contributed by atoms with Gasteiger partial charge in [0, 0.05) is 44.6 Å². The molecule has 0 unspecified atom stereocenters. The van der Waals surface area contributed by atoms with Crippen LogP contribution in [0.25, 0.3) is 0 Å². The van der Waals surface area contributed by atoms with Crippen molar-refractivity contribution in [1.29, 1.82) is 0 Å². The van der Waals surface area contributed by atoms with E-state index in [4.69, 9.17) is 5.73 Å². The first kappa shape index (κ1) is 13.5. The number of aromatic nitrogens is 1. The molecule has 2 rings (SSSR count). The summed E-state index contributed by atoms with van der Waals surface area (Å²) in [4.78, 5) is 5.44. The van der Waals surface area contributed by atoms with Gasteiger partial charge in [0.1, 0.15) is 0 Å². The maximum atomic E-state index is 12.4. The number of hydrogen-bond acceptors (Lipinski definition) is 4. The summed E-state index contributed by atoms with van der Waals surface area (Å²) in [5.74, 6) is 0. The van der Waals surface area contributed by atoms with Crippen LogP contribution in [0.4, 0.5) is 0 Å². The van der Waals surface area contributed by atoms with E-state index in [1.807, 2.05) is 0 Å². The van der Waals surface area contributed by atoms with Crippen LogP contribution < -0.4 is 5.73 Å². The van der Waals surface area contributed by atoms with Crippen molar-refractivity contribution >= 4 is 10.0 Å². The van der Waals surface area contributed by atoms with Gasteiger partial charge in [-0.15, -0.1) is 0 Å². The summed E-state index contributed by atoms with van der Waals surface area (Å²) in [7, 11) is -3.36. The molecule has 0 amide bonds. The monoisotopic (exact) mass is 272 g/mol. The highest BCUT2D eigenvalue weighted by Gasteiger charge is 2.28. The van der Waals surface area contributed by atoms with Crippen molar-refractivity contribution in [2.45, 2.75) is 18.4 Å². The minimum Gasteiger partial charge on any atom is -0.363 e. The van der Waals surface area contributed by atoms with E-state index in [2.05, 4.69) is 16.8 Å². The highest BCUT2D eigenvalue weighted by molar-refractivity contribution is 7.89. The molecule has 1 aromatic rings. The second-order valence-corrected chi connectivity index (χ2v) is 6.34. The highest BCUT2D eigenvalue weighted by Crippen LogP contribution is 2.18. The van der Waals surface area contributed by atoms with Crippen LogP contribution in [0, 0.1) is 0 Å². The van der Waals surface area contributed by atoms with Gasteiger partial charge in [0.25, 0.3) is 0 Å². The van der Waals surface area contributed by atoms with Crippen LogP contribution in [0.2, 0.25) is 0 Å². The molecule has 3 N–H and O–H groups in total.